The minimum atomic E-state index is -0.657. The van der Waals surface area contributed by atoms with Crippen LogP contribution in [0.25, 0.3) is 10.8 Å². The minimum absolute atomic E-state index is 0.215. The lowest BCUT2D eigenvalue weighted by atomic mass is 10.0. The summed E-state index contributed by atoms with van der Waals surface area (Å²) < 4.78 is 7.32. The van der Waals surface area contributed by atoms with Crippen LogP contribution in [0, 0.1) is 0 Å². The molecular formula is C26H25N3O3. The van der Waals surface area contributed by atoms with E-state index in [0.717, 1.165) is 16.3 Å². The van der Waals surface area contributed by atoms with Gasteiger partial charge in [-0.25, -0.2) is 9.78 Å². The maximum absolute atomic E-state index is 13.0. The zero-order chi connectivity index (χ0) is 22.7. The number of hydrogen-bond donors (Lipinski definition) is 1. The number of rotatable bonds is 5. The first-order chi connectivity index (χ1) is 15.3. The normalized spacial score (nSPS) is 11.3. The van der Waals surface area contributed by atoms with Gasteiger partial charge in [0.2, 0.25) is 5.95 Å². The molecule has 1 aromatic heterocycles. The number of aromatic nitrogens is 2. The average molecular weight is 428 g/mol. The largest absolute Gasteiger partial charge is 0.456 e. The van der Waals surface area contributed by atoms with Crippen molar-refractivity contribution in [3.05, 3.63) is 95.8 Å². The summed E-state index contributed by atoms with van der Waals surface area (Å²) in [5.74, 6) is -0.555. The lowest BCUT2D eigenvalue weighted by molar-refractivity contribution is 0.00678. The number of esters is 1. The van der Waals surface area contributed by atoms with E-state index in [1.54, 1.807) is 51.2 Å². The van der Waals surface area contributed by atoms with Crippen LogP contribution in [0.15, 0.2) is 79.1 Å². The standard InChI is InChI=1S/C26H25N3O3/c1-26(2,3)32-24(31)22-14-7-6-13-21(22)23(30)28-25-27-15-16-29(25)17-19-11-8-10-18-9-4-5-12-20(18)19/h4-16H,17H2,1-3H3,(H,27,28,30). The summed E-state index contributed by atoms with van der Waals surface area (Å²) in [5.41, 5.74) is 0.911. The highest BCUT2D eigenvalue weighted by atomic mass is 16.6. The molecule has 0 aliphatic heterocycles. The van der Waals surface area contributed by atoms with Gasteiger partial charge in [0, 0.05) is 12.4 Å². The summed E-state index contributed by atoms with van der Waals surface area (Å²) in [6.07, 6.45) is 3.46. The molecule has 4 aromatic rings. The summed E-state index contributed by atoms with van der Waals surface area (Å²) >= 11 is 0. The second kappa shape index (κ2) is 8.67. The molecule has 32 heavy (non-hydrogen) atoms. The number of anilines is 1. The number of fused-ring (bicyclic) bond motifs is 1. The van der Waals surface area contributed by atoms with Crippen LogP contribution in [-0.4, -0.2) is 27.0 Å². The second-order valence-corrected chi connectivity index (χ2v) is 8.52. The first-order valence-electron chi connectivity index (χ1n) is 10.4. The molecule has 162 valence electrons. The minimum Gasteiger partial charge on any atom is -0.456 e. The Balaban J connectivity index is 1.58. The summed E-state index contributed by atoms with van der Waals surface area (Å²) in [6.45, 7) is 5.91. The van der Waals surface area contributed by atoms with E-state index in [1.165, 1.54) is 0 Å². The molecule has 0 aliphatic rings. The summed E-state index contributed by atoms with van der Waals surface area (Å²) in [4.78, 5) is 30.0. The Morgan fingerprint density at radius 2 is 1.62 bits per heavy atom. The van der Waals surface area contributed by atoms with Gasteiger partial charge in [-0.3, -0.25) is 10.1 Å². The van der Waals surface area contributed by atoms with Gasteiger partial charge >= 0.3 is 5.97 Å². The van der Waals surface area contributed by atoms with E-state index in [1.807, 2.05) is 29.0 Å². The highest BCUT2D eigenvalue weighted by Gasteiger charge is 2.23. The average Bonchev–Trinajstić information content (AvgIpc) is 3.19. The second-order valence-electron chi connectivity index (χ2n) is 8.52. The zero-order valence-corrected chi connectivity index (χ0v) is 18.3. The lowest BCUT2D eigenvalue weighted by Crippen LogP contribution is -2.26. The Hall–Kier alpha value is -3.93. The molecule has 6 nitrogen and oxygen atoms in total. The highest BCUT2D eigenvalue weighted by molar-refractivity contribution is 6.10. The van der Waals surface area contributed by atoms with E-state index >= 15 is 0 Å². The molecule has 0 atom stereocenters. The Morgan fingerprint density at radius 1 is 0.938 bits per heavy atom. The van der Waals surface area contributed by atoms with Crippen LogP contribution in [0.3, 0.4) is 0 Å². The van der Waals surface area contributed by atoms with E-state index in [0.29, 0.717) is 12.5 Å². The van der Waals surface area contributed by atoms with Gasteiger partial charge in [-0.2, -0.15) is 0 Å². The summed E-state index contributed by atoms with van der Waals surface area (Å²) in [5, 5.41) is 5.14. The molecule has 1 N–H and O–H groups in total. The van der Waals surface area contributed by atoms with Crippen molar-refractivity contribution in [3.63, 3.8) is 0 Å². The first-order valence-corrected chi connectivity index (χ1v) is 10.4. The van der Waals surface area contributed by atoms with E-state index in [4.69, 9.17) is 4.74 Å². The van der Waals surface area contributed by atoms with Crippen LogP contribution in [0.1, 0.15) is 47.1 Å². The van der Waals surface area contributed by atoms with Gasteiger partial charge < -0.3 is 9.30 Å². The number of imidazole rings is 1. The third-order valence-electron chi connectivity index (χ3n) is 4.95. The molecule has 0 unspecified atom stereocenters. The van der Waals surface area contributed by atoms with Crippen molar-refractivity contribution in [2.75, 3.05) is 5.32 Å². The van der Waals surface area contributed by atoms with Crippen molar-refractivity contribution in [1.82, 2.24) is 9.55 Å². The molecule has 0 radical (unpaired) electrons. The molecule has 0 fully saturated rings. The fourth-order valence-corrected chi connectivity index (χ4v) is 3.54. The zero-order valence-electron chi connectivity index (χ0n) is 18.3. The fraction of sp³-hybridized carbons (Fsp3) is 0.192. The topological polar surface area (TPSA) is 73.2 Å². The van der Waals surface area contributed by atoms with E-state index in [9.17, 15) is 9.59 Å². The number of carbonyl (C=O) groups is 2. The Bertz CT molecular complexity index is 1280. The number of amides is 1. The predicted octanol–water partition coefficient (Wildman–Crippen LogP) is 5.29. The third-order valence-corrected chi connectivity index (χ3v) is 4.95. The Kier molecular flexibility index (Phi) is 5.77. The smallest absolute Gasteiger partial charge is 0.339 e. The predicted molar refractivity (Wildman–Crippen MR) is 125 cm³/mol. The molecule has 0 bridgehead atoms. The fourth-order valence-electron chi connectivity index (χ4n) is 3.54. The molecule has 0 saturated carbocycles. The van der Waals surface area contributed by atoms with Gasteiger partial charge in [0.1, 0.15) is 5.60 Å². The van der Waals surface area contributed by atoms with E-state index in [2.05, 4.69) is 34.6 Å². The van der Waals surface area contributed by atoms with Crippen LogP contribution in [0.4, 0.5) is 5.95 Å². The molecule has 4 rings (SSSR count). The first kappa shape index (κ1) is 21.3. The van der Waals surface area contributed by atoms with Crippen LogP contribution in [0.5, 0.6) is 0 Å². The number of hydrogen-bond acceptors (Lipinski definition) is 4. The molecule has 0 spiro atoms. The SMILES string of the molecule is CC(C)(C)OC(=O)c1ccccc1C(=O)Nc1nccn1Cc1cccc2ccccc12. The van der Waals surface area contributed by atoms with Crippen molar-refractivity contribution in [3.8, 4) is 0 Å². The van der Waals surface area contributed by atoms with Gasteiger partial charge in [0.25, 0.3) is 5.91 Å². The van der Waals surface area contributed by atoms with Crippen molar-refractivity contribution >= 4 is 28.6 Å². The quantitative estimate of drug-likeness (QED) is 0.439. The van der Waals surface area contributed by atoms with E-state index in [-0.39, 0.29) is 11.1 Å². The molecular weight excluding hydrogens is 402 g/mol. The molecule has 0 aliphatic carbocycles. The maximum atomic E-state index is 13.0. The van der Waals surface area contributed by atoms with Crippen LogP contribution in [0.2, 0.25) is 0 Å². The Morgan fingerprint density at radius 3 is 2.41 bits per heavy atom. The molecule has 1 heterocycles. The van der Waals surface area contributed by atoms with Crippen LogP contribution < -0.4 is 5.32 Å². The summed E-state index contributed by atoms with van der Waals surface area (Å²) in [7, 11) is 0. The highest BCUT2D eigenvalue weighted by Crippen LogP contribution is 2.21. The number of ether oxygens (including phenoxy) is 1. The monoisotopic (exact) mass is 427 g/mol. The number of nitrogens with one attached hydrogen (secondary N) is 1. The van der Waals surface area contributed by atoms with Gasteiger partial charge in [-0.05, 0) is 49.2 Å². The summed E-state index contributed by atoms with van der Waals surface area (Å²) in [6, 6.07) is 20.9. The number of nitrogens with zero attached hydrogens (tertiary/aromatic N) is 2. The number of benzene rings is 3. The maximum Gasteiger partial charge on any atom is 0.339 e. The van der Waals surface area contributed by atoms with E-state index < -0.39 is 17.5 Å². The molecule has 6 heteroatoms. The Labute approximate surface area is 186 Å². The van der Waals surface area contributed by atoms with Crippen molar-refractivity contribution < 1.29 is 14.3 Å². The molecule has 1 amide bonds. The van der Waals surface area contributed by atoms with Gasteiger partial charge in [-0.1, -0.05) is 54.6 Å². The lowest BCUT2D eigenvalue weighted by Gasteiger charge is -2.20. The van der Waals surface area contributed by atoms with Crippen LogP contribution in [-0.2, 0) is 11.3 Å². The van der Waals surface area contributed by atoms with Gasteiger partial charge in [-0.15, -0.1) is 0 Å². The van der Waals surface area contributed by atoms with Gasteiger partial charge in [0.15, 0.2) is 0 Å². The third kappa shape index (κ3) is 4.70. The van der Waals surface area contributed by atoms with Gasteiger partial charge in [0.05, 0.1) is 17.7 Å². The van der Waals surface area contributed by atoms with Crippen molar-refractivity contribution in [1.29, 1.82) is 0 Å². The van der Waals surface area contributed by atoms with Crippen LogP contribution >= 0.6 is 0 Å². The molecule has 0 saturated heterocycles. The van der Waals surface area contributed by atoms with Crippen molar-refractivity contribution in [2.45, 2.75) is 32.9 Å². The van der Waals surface area contributed by atoms with Crippen molar-refractivity contribution in [2.24, 2.45) is 0 Å². The molecule has 3 aromatic carbocycles. The number of carbonyl (C=O) groups excluding carboxylic acids is 2.